The summed E-state index contributed by atoms with van der Waals surface area (Å²) < 4.78 is 0. The zero-order valence-electron chi connectivity index (χ0n) is 11.7. The van der Waals surface area contributed by atoms with E-state index in [1.165, 1.54) is 17.7 Å². The number of aliphatic hydroxyl groups is 1. The van der Waals surface area contributed by atoms with E-state index in [0.29, 0.717) is 6.54 Å². The Labute approximate surface area is 111 Å². The van der Waals surface area contributed by atoms with E-state index in [4.69, 9.17) is 5.11 Å². The van der Waals surface area contributed by atoms with Gasteiger partial charge in [-0.25, -0.2) is 0 Å². The zero-order valence-corrected chi connectivity index (χ0v) is 11.7. The third-order valence-electron chi connectivity index (χ3n) is 2.92. The van der Waals surface area contributed by atoms with Gasteiger partial charge in [0.05, 0.1) is 6.61 Å². The van der Waals surface area contributed by atoms with Crippen LogP contribution in [0.1, 0.15) is 32.3 Å². The van der Waals surface area contributed by atoms with Gasteiger partial charge in [0.25, 0.3) is 0 Å². The first-order chi connectivity index (χ1) is 8.81. The molecule has 0 unspecified atom stereocenters. The molecular formula is C15H26N2O. The van der Waals surface area contributed by atoms with E-state index in [1.807, 2.05) is 0 Å². The number of hydrogen-bond donors (Lipinski definition) is 2. The van der Waals surface area contributed by atoms with E-state index < -0.39 is 0 Å². The van der Waals surface area contributed by atoms with Crippen LogP contribution in [0.25, 0.3) is 0 Å². The summed E-state index contributed by atoms with van der Waals surface area (Å²) in [5.74, 6) is 0. The monoisotopic (exact) mass is 250 g/mol. The second-order valence-corrected chi connectivity index (χ2v) is 4.55. The molecule has 0 heterocycles. The Morgan fingerprint density at radius 3 is 2.33 bits per heavy atom. The van der Waals surface area contributed by atoms with Gasteiger partial charge in [0, 0.05) is 25.3 Å². The summed E-state index contributed by atoms with van der Waals surface area (Å²) in [7, 11) is 0. The van der Waals surface area contributed by atoms with Gasteiger partial charge >= 0.3 is 0 Å². The lowest BCUT2D eigenvalue weighted by molar-refractivity contribution is 0.302. The van der Waals surface area contributed by atoms with Crippen LogP contribution >= 0.6 is 0 Å². The lowest BCUT2D eigenvalue weighted by Gasteiger charge is -2.23. The minimum atomic E-state index is 0.208. The highest BCUT2D eigenvalue weighted by Gasteiger charge is 2.04. The molecule has 0 spiro atoms. The van der Waals surface area contributed by atoms with Gasteiger partial charge in [0.2, 0.25) is 0 Å². The molecule has 18 heavy (non-hydrogen) atoms. The third-order valence-corrected chi connectivity index (χ3v) is 2.92. The van der Waals surface area contributed by atoms with Crippen molar-refractivity contribution < 1.29 is 5.11 Å². The molecule has 3 nitrogen and oxygen atoms in total. The summed E-state index contributed by atoms with van der Waals surface area (Å²) in [6.45, 7) is 8.24. The van der Waals surface area contributed by atoms with Crippen LogP contribution in [-0.2, 0) is 6.54 Å². The van der Waals surface area contributed by atoms with Crippen molar-refractivity contribution in [2.75, 3.05) is 31.1 Å². The van der Waals surface area contributed by atoms with Gasteiger partial charge in [-0.1, -0.05) is 26.0 Å². The first-order valence-corrected chi connectivity index (χ1v) is 6.97. The van der Waals surface area contributed by atoms with Crippen LogP contribution in [0.2, 0.25) is 0 Å². The average Bonchev–Trinajstić information content (AvgIpc) is 2.40. The molecule has 0 aliphatic carbocycles. The van der Waals surface area contributed by atoms with E-state index in [-0.39, 0.29) is 6.61 Å². The average molecular weight is 250 g/mol. The molecule has 0 bridgehead atoms. The molecule has 0 saturated carbocycles. The standard InChI is InChI=1S/C15H26N2O/c1-3-9-16-13-14-5-7-15(8-6-14)17(10-4-2)11-12-18/h5-8,16,18H,3-4,9-13H2,1-2H3. The first kappa shape index (κ1) is 15.0. The Morgan fingerprint density at radius 1 is 1.06 bits per heavy atom. The van der Waals surface area contributed by atoms with Crippen molar-refractivity contribution in [1.29, 1.82) is 0 Å². The van der Waals surface area contributed by atoms with Crippen LogP contribution in [0.4, 0.5) is 5.69 Å². The molecule has 0 aliphatic rings. The van der Waals surface area contributed by atoms with Crippen molar-refractivity contribution in [1.82, 2.24) is 5.32 Å². The molecule has 1 aromatic rings. The fourth-order valence-electron chi connectivity index (χ4n) is 1.99. The Balaban J connectivity index is 2.56. The van der Waals surface area contributed by atoms with Crippen molar-refractivity contribution in [2.24, 2.45) is 0 Å². The fraction of sp³-hybridized carbons (Fsp3) is 0.600. The minimum Gasteiger partial charge on any atom is -0.395 e. The van der Waals surface area contributed by atoms with Crippen molar-refractivity contribution in [3.63, 3.8) is 0 Å². The van der Waals surface area contributed by atoms with E-state index in [0.717, 1.165) is 26.1 Å². The van der Waals surface area contributed by atoms with E-state index in [9.17, 15) is 0 Å². The van der Waals surface area contributed by atoms with Gasteiger partial charge in [-0.15, -0.1) is 0 Å². The smallest absolute Gasteiger partial charge is 0.0606 e. The molecule has 3 heteroatoms. The van der Waals surface area contributed by atoms with Gasteiger partial charge in [-0.2, -0.15) is 0 Å². The topological polar surface area (TPSA) is 35.5 Å². The number of benzene rings is 1. The quantitative estimate of drug-likeness (QED) is 0.661. The highest BCUT2D eigenvalue weighted by molar-refractivity contribution is 5.47. The summed E-state index contributed by atoms with van der Waals surface area (Å²) in [5.41, 5.74) is 2.51. The Morgan fingerprint density at radius 2 is 1.78 bits per heavy atom. The van der Waals surface area contributed by atoms with Crippen LogP contribution in [0.3, 0.4) is 0 Å². The molecule has 2 N–H and O–H groups in total. The molecule has 0 saturated heterocycles. The summed E-state index contributed by atoms with van der Waals surface area (Å²) in [6.07, 6.45) is 2.26. The minimum absolute atomic E-state index is 0.208. The van der Waals surface area contributed by atoms with Crippen LogP contribution < -0.4 is 10.2 Å². The van der Waals surface area contributed by atoms with Crippen molar-refractivity contribution in [2.45, 2.75) is 33.2 Å². The fourth-order valence-corrected chi connectivity index (χ4v) is 1.99. The molecule has 0 radical (unpaired) electrons. The summed E-state index contributed by atoms with van der Waals surface area (Å²) >= 11 is 0. The van der Waals surface area contributed by atoms with Gasteiger partial charge in [-0.05, 0) is 37.1 Å². The van der Waals surface area contributed by atoms with E-state index >= 15 is 0 Å². The zero-order chi connectivity index (χ0) is 13.2. The molecule has 0 atom stereocenters. The maximum atomic E-state index is 9.07. The van der Waals surface area contributed by atoms with Crippen LogP contribution in [-0.4, -0.2) is 31.3 Å². The predicted octanol–water partition coefficient (Wildman–Crippen LogP) is 2.39. The summed E-state index contributed by atoms with van der Waals surface area (Å²) in [6, 6.07) is 8.62. The molecule has 0 aromatic heterocycles. The number of rotatable bonds is 9. The van der Waals surface area contributed by atoms with E-state index in [1.54, 1.807) is 0 Å². The first-order valence-electron chi connectivity index (χ1n) is 6.97. The van der Waals surface area contributed by atoms with Gasteiger partial charge < -0.3 is 15.3 Å². The Bertz CT molecular complexity index is 305. The molecule has 1 aromatic carbocycles. The molecule has 102 valence electrons. The van der Waals surface area contributed by atoms with Crippen molar-refractivity contribution in [3.8, 4) is 0 Å². The van der Waals surface area contributed by atoms with Crippen molar-refractivity contribution in [3.05, 3.63) is 29.8 Å². The Kier molecular flexibility index (Phi) is 7.46. The molecule has 0 amide bonds. The van der Waals surface area contributed by atoms with Gasteiger partial charge in [0.1, 0.15) is 0 Å². The highest BCUT2D eigenvalue weighted by atomic mass is 16.3. The second kappa shape index (κ2) is 8.95. The number of aliphatic hydroxyl groups excluding tert-OH is 1. The third kappa shape index (κ3) is 5.07. The normalized spacial score (nSPS) is 10.6. The Hall–Kier alpha value is -1.06. The SMILES string of the molecule is CCCNCc1ccc(N(CCC)CCO)cc1. The number of nitrogens with one attached hydrogen (secondary N) is 1. The largest absolute Gasteiger partial charge is 0.395 e. The van der Waals surface area contributed by atoms with Crippen molar-refractivity contribution >= 4 is 5.69 Å². The summed E-state index contributed by atoms with van der Waals surface area (Å²) in [4.78, 5) is 2.23. The van der Waals surface area contributed by atoms with Crippen LogP contribution in [0.5, 0.6) is 0 Å². The van der Waals surface area contributed by atoms with E-state index in [2.05, 4.69) is 48.3 Å². The predicted molar refractivity (Wildman–Crippen MR) is 78.0 cm³/mol. The highest BCUT2D eigenvalue weighted by Crippen LogP contribution is 2.15. The molecule has 0 aliphatic heterocycles. The lowest BCUT2D eigenvalue weighted by atomic mass is 10.2. The number of anilines is 1. The summed E-state index contributed by atoms with van der Waals surface area (Å²) in [5, 5.41) is 12.5. The van der Waals surface area contributed by atoms with Crippen LogP contribution in [0, 0.1) is 0 Å². The van der Waals surface area contributed by atoms with Gasteiger partial charge in [-0.3, -0.25) is 0 Å². The molecule has 1 rings (SSSR count). The molecule has 0 fully saturated rings. The molecular weight excluding hydrogens is 224 g/mol. The lowest BCUT2D eigenvalue weighted by Crippen LogP contribution is -2.27. The van der Waals surface area contributed by atoms with Gasteiger partial charge in [0.15, 0.2) is 0 Å². The maximum absolute atomic E-state index is 9.07. The number of nitrogens with zero attached hydrogens (tertiary/aromatic N) is 1. The number of hydrogen-bond acceptors (Lipinski definition) is 3. The maximum Gasteiger partial charge on any atom is 0.0606 e. The second-order valence-electron chi connectivity index (χ2n) is 4.55. The van der Waals surface area contributed by atoms with Crippen LogP contribution in [0.15, 0.2) is 24.3 Å².